The summed E-state index contributed by atoms with van der Waals surface area (Å²) in [5.74, 6) is 0.552. The average Bonchev–Trinajstić information content (AvgIpc) is 3.29. The summed E-state index contributed by atoms with van der Waals surface area (Å²) in [5.41, 5.74) is 2.26. The van der Waals surface area contributed by atoms with E-state index in [1.54, 1.807) is 12.4 Å². The zero-order valence-electron chi connectivity index (χ0n) is 11.8. The van der Waals surface area contributed by atoms with E-state index in [1.807, 2.05) is 37.3 Å². The first-order valence-corrected chi connectivity index (χ1v) is 7.91. The molecular weight excluding hydrogens is 328 g/mol. The minimum Gasteiger partial charge on any atom is -0.349 e. The minimum absolute atomic E-state index is 0.00772. The van der Waals surface area contributed by atoms with Gasteiger partial charge in [-0.2, -0.15) is 0 Å². The van der Waals surface area contributed by atoms with Crippen LogP contribution in [0.3, 0.4) is 0 Å². The number of carbonyl (C=O) groups is 1. The highest BCUT2D eigenvalue weighted by Crippen LogP contribution is 2.49. The lowest BCUT2D eigenvalue weighted by Crippen LogP contribution is -2.28. The lowest BCUT2D eigenvalue weighted by atomic mass is 10.1. The van der Waals surface area contributed by atoms with Crippen molar-refractivity contribution < 1.29 is 4.79 Å². The Bertz CT molecular complexity index is 644. The van der Waals surface area contributed by atoms with Crippen LogP contribution in [0.5, 0.6) is 0 Å². The Labute approximate surface area is 132 Å². The van der Waals surface area contributed by atoms with Gasteiger partial charge in [0.1, 0.15) is 0 Å². The Morgan fingerprint density at radius 2 is 2.14 bits per heavy atom. The number of amides is 1. The molecule has 4 heteroatoms. The number of hydrogen-bond acceptors (Lipinski definition) is 2. The van der Waals surface area contributed by atoms with Crippen LogP contribution in [0.4, 0.5) is 0 Å². The van der Waals surface area contributed by atoms with E-state index in [4.69, 9.17) is 0 Å². The van der Waals surface area contributed by atoms with Crippen LogP contribution in [0.25, 0.3) is 0 Å². The molecule has 3 rings (SSSR count). The summed E-state index contributed by atoms with van der Waals surface area (Å²) in [6.07, 6.45) is 4.46. The van der Waals surface area contributed by atoms with Crippen LogP contribution in [0.2, 0.25) is 0 Å². The molecule has 1 saturated carbocycles. The lowest BCUT2D eigenvalue weighted by Gasteiger charge is -2.14. The molecule has 1 N–H and O–H groups in total. The molecule has 1 aromatic heterocycles. The number of nitrogens with one attached hydrogen (secondary N) is 1. The number of nitrogens with zero attached hydrogens (tertiary/aromatic N) is 1. The van der Waals surface area contributed by atoms with Gasteiger partial charge in [-0.05, 0) is 42.5 Å². The summed E-state index contributed by atoms with van der Waals surface area (Å²) in [7, 11) is 0. The molecule has 1 aliphatic rings. The Morgan fingerprint density at radius 3 is 2.86 bits per heavy atom. The van der Waals surface area contributed by atoms with Gasteiger partial charge in [0.25, 0.3) is 0 Å². The highest BCUT2D eigenvalue weighted by Gasteiger charge is 2.44. The van der Waals surface area contributed by atoms with Crippen molar-refractivity contribution in [1.82, 2.24) is 10.3 Å². The van der Waals surface area contributed by atoms with Crippen LogP contribution in [-0.4, -0.2) is 10.9 Å². The average molecular weight is 345 g/mol. The molecule has 1 amide bonds. The lowest BCUT2D eigenvalue weighted by molar-refractivity contribution is -0.123. The Morgan fingerprint density at radius 1 is 1.33 bits per heavy atom. The van der Waals surface area contributed by atoms with E-state index in [0.717, 1.165) is 16.5 Å². The Hall–Kier alpha value is -1.68. The molecule has 0 aliphatic heterocycles. The van der Waals surface area contributed by atoms with Gasteiger partial charge in [0, 0.05) is 22.8 Å². The summed E-state index contributed by atoms with van der Waals surface area (Å²) in [6, 6.07) is 12.0. The standard InChI is InChI=1S/C17H17BrN2O/c1-11(12-5-4-8-19-10-12)20-17(21)15-9-14(15)13-6-2-3-7-16(13)18/h2-8,10-11,14-15H,9H2,1H3,(H,20,21). The second-order valence-electron chi connectivity index (χ2n) is 5.49. The first-order valence-electron chi connectivity index (χ1n) is 7.11. The fraction of sp³-hybridized carbons (Fsp3) is 0.294. The predicted octanol–water partition coefficient (Wildman–Crippen LogP) is 3.83. The maximum atomic E-state index is 12.3. The zero-order valence-corrected chi connectivity index (χ0v) is 13.4. The van der Waals surface area contributed by atoms with Crippen LogP contribution in [-0.2, 0) is 4.79 Å². The Kier molecular flexibility index (Phi) is 4.06. The largest absolute Gasteiger partial charge is 0.349 e. The number of aromatic nitrogens is 1. The fourth-order valence-electron chi connectivity index (χ4n) is 2.64. The number of hydrogen-bond donors (Lipinski definition) is 1. The summed E-state index contributed by atoms with van der Waals surface area (Å²) in [5, 5.41) is 3.08. The monoisotopic (exact) mass is 344 g/mol. The van der Waals surface area contributed by atoms with Crippen LogP contribution in [0.1, 0.15) is 36.4 Å². The predicted molar refractivity (Wildman–Crippen MR) is 85.8 cm³/mol. The van der Waals surface area contributed by atoms with E-state index in [0.29, 0.717) is 5.92 Å². The van der Waals surface area contributed by atoms with Gasteiger partial charge in [0.05, 0.1) is 6.04 Å². The van der Waals surface area contributed by atoms with Crippen LogP contribution >= 0.6 is 15.9 Å². The number of carbonyl (C=O) groups excluding carboxylic acids is 1. The van der Waals surface area contributed by atoms with Gasteiger partial charge in [-0.3, -0.25) is 9.78 Å². The molecule has 0 spiro atoms. The third-order valence-electron chi connectivity index (χ3n) is 3.98. The third-order valence-corrected chi connectivity index (χ3v) is 4.70. The first kappa shape index (κ1) is 14.3. The summed E-state index contributed by atoms with van der Waals surface area (Å²) in [6.45, 7) is 1.99. The van der Waals surface area contributed by atoms with Crippen molar-refractivity contribution in [2.45, 2.75) is 25.3 Å². The highest BCUT2D eigenvalue weighted by atomic mass is 79.9. The van der Waals surface area contributed by atoms with E-state index in [1.165, 1.54) is 5.56 Å². The summed E-state index contributed by atoms with van der Waals surface area (Å²) in [4.78, 5) is 16.4. The van der Waals surface area contributed by atoms with Crippen LogP contribution < -0.4 is 5.32 Å². The quantitative estimate of drug-likeness (QED) is 0.915. The number of halogens is 1. The van der Waals surface area contributed by atoms with Crippen LogP contribution in [0, 0.1) is 5.92 Å². The molecule has 0 radical (unpaired) electrons. The zero-order chi connectivity index (χ0) is 14.8. The maximum Gasteiger partial charge on any atom is 0.224 e. The minimum atomic E-state index is -0.00772. The van der Waals surface area contributed by atoms with E-state index in [-0.39, 0.29) is 17.9 Å². The third kappa shape index (κ3) is 3.16. The van der Waals surface area contributed by atoms with Gasteiger partial charge in [0.15, 0.2) is 0 Å². The van der Waals surface area contributed by atoms with Gasteiger partial charge in [-0.1, -0.05) is 40.2 Å². The molecular formula is C17H17BrN2O. The molecule has 3 nitrogen and oxygen atoms in total. The summed E-state index contributed by atoms with van der Waals surface area (Å²) < 4.78 is 1.09. The van der Waals surface area contributed by atoms with E-state index >= 15 is 0 Å². The molecule has 0 saturated heterocycles. The smallest absolute Gasteiger partial charge is 0.224 e. The molecule has 3 unspecified atom stereocenters. The molecule has 108 valence electrons. The second-order valence-corrected chi connectivity index (χ2v) is 6.34. The highest BCUT2D eigenvalue weighted by molar-refractivity contribution is 9.10. The topological polar surface area (TPSA) is 42.0 Å². The molecule has 21 heavy (non-hydrogen) atoms. The van der Waals surface area contributed by atoms with Crippen LogP contribution in [0.15, 0.2) is 53.3 Å². The molecule has 2 aromatic rings. The summed E-state index contributed by atoms with van der Waals surface area (Å²) >= 11 is 3.56. The molecule has 1 heterocycles. The van der Waals surface area contributed by atoms with Crippen molar-refractivity contribution in [2.75, 3.05) is 0 Å². The number of pyridine rings is 1. The number of benzene rings is 1. The van der Waals surface area contributed by atoms with Gasteiger partial charge in [-0.15, -0.1) is 0 Å². The van der Waals surface area contributed by atoms with Gasteiger partial charge >= 0.3 is 0 Å². The molecule has 1 fully saturated rings. The second kappa shape index (κ2) is 5.98. The molecule has 1 aliphatic carbocycles. The van der Waals surface area contributed by atoms with Crippen molar-refractivity contribution >= 4 is 21.8 Å². The van der Waals surface area contributed by atoms with Crippen molar-refractivity contribution in [3.63, 3.8) is 0 Å². The van der Waals surface area contributed by atoms with Gasteiger partial charge < -0.3 is 5.32 Å². The maximum absolute atomic E-state index is 12.3. The fourth-order valence-corrected chi connectivity index (χ4v) is 3.22. The van der Waals surface area contributed by atoms with Crippen molar-refractivity contribution in [2.24, 2.45) is 5.92 Å². The SMILES string of the molecule is CC(NC(=O)C1CC1c1ccccc1Br)c1cccnc1. The molecule has 0 bridgehead atoms. The van der Waals surface area contributed by atoms with Crippen molar-refractivity contribution in [3.8, 4) is 0 Å². The van der Waals surface area contributed by atoms with E-state index in [2.05, 4.69) is 32.3 Å². The first-order chi connectivity index (χ1) is 10.2. The van der Waals surface area contributed by atoms with E-state index in [9.17, 15) is 4.79 Å². The normalized spacial score (nSPS) is 21.6. The molecule has 3 atom stereocenters. The molecule has 1 aromatic carbocycles. The van der Waals surface area contributed by atoms with Gasteiger partial charge in [-0.25, -0.2) is 0 Å². The Balaban J connectivity index is 1.62. The van der Waals surface area contributed by atoms with E-state index < -0.39 is 0 Å². The van der Waals surface area contributed by atoms with Crippen molar-refractivity contribution in [3.05, 3.63) is 64.4 Å². The number of rotatable bonds is 4. The van der Waals surface area contributed by atoms with Crippen molar-refractivity contribution in [1.29, 1.82) is 0 Å². The van der Waals surface area contributed by atoms with Gasteiger partial charge in [0.2, 0.25) is 5.91 Å².